The molecule has 0 aliphatic carbocycles. The number of nitrogens with two attached hydrogens (primary N) is 1. The van der Waals surface area contributed by atoms with Crippen molar-refractivity contribution >= 4 is 10.8 Å². The minimum Gasteiger partial charge on any atom is -0.271 e. The van der Waals surface area contributed by atoms with Crippen LogP contribution in [0.4, 0.5) is 4.39 Å². The lowest BCUT2D eigenvalue weighted by Crippen LogP contribution is -2.29. The third-order valence-corrected chi connectivity index (χ3v) is 3.42. The third kappa shape index (κ3) is 2.15. The Hall–Kier alpha value is -2.30. The van der Waals surface area contributed by atoms with Gasteiger partial charge in [-0.1, -0.05) is 42.5 Å². The molecule has 0 aliphatic rings. The van der Waals surface area contributed by atoms with Crippen molar-refractivity contribution in [3.8, 4) is 0 Å². The second-order valence-electron chi connectivity index (χ2n) is 4.57. The molecule has 4 heteroatoms. The highest BCUT2D eigenvalue weighted by Crippen LogP contribution is 2.29. The van der Waals surface area contributed by atoms with Crippen LogP contribution in [-0.4, -0.2) is 4.98 Å². The number of aromatic nitrogens is 1. The molecule has 1 heterocycles. The van der Waals surface area contributed by atoms with Crippen LogP contribution in [0.5, 0.6) is 0 Å². The minimum atomic E-state index is -0.413. The standard InChI is InChI=1S/C16H14FN3/c17-15-10-19-9-8-14(15)16(20-18)13-7-3-5-11-4-1-2-6-12(11)13/h1-10,16,20H,18H2. The van der Waals surface area contributed by atoms with Crippen molar-refractivity contribution in [2.24, 2.45) is 5.84 Å². The Balaban J connectivity index is 2.20. The number of hydrogen-bond donors (Lipinski definition) is 2. The monoisotopic (exact) mass is 267 g/mol. The Morgan fingerprint density at radius 2 is 1.80 bits per heavy atom. The molecule has 0 amide bonds. The minimum absolute atomic E-state index is 0.372. The van der Waals surface area contributed by atoms with E-state index in [1.54, 1.807) is 12.3 Å². The second-order valence-corrected chi connectivity index (χ2v) is 4.57. The molecule has 0 aliphatic heterocycles. The first-order chi connectivity index (χ1) is 9.81. The van der Waals surface area contributed by atoms with Gasteiger partial charge in [-0.3, -0.25) is 10.8 Å². The molecular formula is C16H14FN3. The summed E-state index contributed by atoms with van der Waals surface area (Å²) in [5.74, 6) is 5.29. The molecule has 0 saturated heterocycles. The topological polar surface area (TPSA) is 50.9 Å². The molecule has 3 nitrogen and oxygen atoms in total. The lowest BCUT2D eigenvalue weighted by Gasteiger charge is -2.19. The van der Waals surface area contributed by atoms with Gasteiger partial charge in [-0.2, -0.15) is 0 Å². The van der Waals surface area contributed by atoms with E-state index in [0.717, 1.165) is 16.3 Å². The van der Waals surface area contributed by atoms with Crippen molar-refractivity contribution in [2.45, 2.75) is 6.04 Å². The van der Waals surface area contributed by atoms with E-state index in [2.05, 4.69) is 10.4 Å². The first kappa shape index (κ1) is 12.7. The summed E-state index contributed by atoms with van der Waals surface area (Å²) >= 11 is 0. The maximum Gasteiger partial charge on any atom is 0.146 e. The van der Waals surface area contributed by atoms with Gasteiger partial charge in [0, 0.05) is 11.8 Å². The van der Waals surface area contributed by atoms with Crippen LogP contribution in [0, 0.1) is 5.82 Å². The van der Waals surface area contributed by atoms with E-state index in [-0.39, 0.29) is 5.82 Å². The fourth-order valence-corrected chi connectivity index (χ4v) is 2.47. The first-order valence-corrected chi connectivity index (χ1v) is 6.34. The number of rotatable bonds is 3. The Labute approximate surface area is 116 Å². The smallest absolute Gasteiger partial charge is 0.146 e. The lowest BCUT2D eigenvalue weighted by atomic mass is 9.94. The second kappa shape index (κ2) is 5.36. The van der Waals surface area contributed by atoms with E-state index >= 15 is 0 Å². The summed E-state index contributed by atoms with van der Waals surface area (Å²) in [6.45, 7) is 0. The van der Waals surface area contributed by atoms with Gasteiger partial charge in [-0.05, 0) is 22.4 Å². The summed E-state index contributed by atoms with van der Waals surface area (Å²) in [4.78, 5) is 3.77. The number of pyridine rings is 1. The maximum absolute atomic E-state index is 14.0. The number of fused-ring (bicyclic) bond motifs is 1. The summed E-state index contributed by atoms with van der Waals surface area (Å²) < 4.78 is 14.0. The van der Waals surface area contributed by atoms with Gasteiger partial charge in [0.05, 0.1) is 12.2 Å². The quantitative estimate of drug-likeness (QED) is 0.566. The number of halogens is 1. The van der Waals surface area contributed by atoms with Crippen molar-refractivity contribution in [2.75, 3.05) is 0 Å². The van der Waals surface area contributed by atoms with Crippen LogP contribution in [0.2, 0.25) is 0 Å². The van der Waals surface area contributed by atoms with Crippen LogP contribution in [0.25, 0.3) is 10.8 Å². The molecular weight excluding hydrogens is 253 g/mol. The molecule has 3 aromatic rings. The molecule has 20 heavy (non-hydrogen) atoms. The van der Waals surface area contributed by atoms with Gasteiger partial charge in [0.1, 0.15) is 5.82 Å². The Morgan fingerprint density at radius 1 is 1.00 bits per heavy atom. The molecule has 0 saturated carbocycles. The van der Waals surface area contributed by atoms with Crippen molar-refractivity contribution < 1.29 is 4.39 Å². The van der Waals surface area contributed by atoms with Gasteiger partial charge in [-0.15, -0.1) is 0 Å². The first-order valence-electron chi connectivity index (χ1n) is 6.34. The van der Waals surface area contributed by atoms with E-state index in [1.165, 1.54) is 6.20 Å². The molecule has 1 aromatic heterocycles. The summed E-state index contributed by atoms with van der Waals surface area (Å²) in [5.41, 5.74) is 4.13. The number of nitrogens with one attached hydrogen (secondary N) is 1. The van der Waals surface area contributed by atoms with Crippen LogP contribution in [0.1, 0.15) is 17.2 Å². The van der Waals surface area contributed by atoms with Gasteiger partial charge in [0.15, 0.2) is 0 Å². The van der Waals surface area contributed by atoms with E-state index in [0.29, 0.717) is 5.56 Å². The normalized spacial score (nSPS) is 12.5. The molecule has 0 radical (unpaired) electrons. The molecule has 0 fully saturated rings. The highest BCUT2D eigenvalue weighted by atomic mass is 19.1. The Morgan fingerprint density at radius 3 is 2.60 bits per heavy atom. The molecule has 2 aromatic carbocycles. The summed E-state index contributed by atoms with van der Waals surface area (Å²) in [5, 5.41) is 2.15. The average Bonchev–Trinajstić information content (AvgIpc) is 2.50. The van der Waals surface area contributed by atoms with Crippen LogP contribution in [0.15, 0.2) is 60.9 Å². The predicted octanol–water partition coefficient (Wildman–Crippen LogP) is 2.93. The molecule has 1 unspecified atom stereocenters. The van der Waals surface area contributed by atoms with Gasteiger partial charge < -0.3 is 0 Å². The Kier molecular flexibility index (Phi) is 3.41. The SMILES string of the molecule is NNC(c1ccncc1F)c1cccc2ccccc12. The molecule has 0 bridgehead atoms. The molecule has 3 N–H and O–H groups in total. The third-order valence-electron chi connectivity index (χ3n) is 3.42. The molecule has 100 valence electrons. The Bertz CT molecular complexity index is 737. The summed E-state index contributed by atoms with van der Waals surface area (Å²) in [6, 6.07) is 15.1. The number of hydrazine groups is 1. The van der Waals surface area contributed by atoms with Gasteiger partial charge in [0.25, 0.3) is 0 Å². The zero-order chi connectivity index (χ0) is 13.9. The van der Waals surface area contributed by atoms with Crippen LogP contribution in [-0.2, 0) is 0 Å². The average molecular weight is 267 g/mol. The van der Waals surface area contributed by atoms with Crippen molar-refractivity contribution in [3.05, 3.63) is 77.9 Å². The fraction of sp³-hybridized carbons (Fsp3) is 0.0625. The van der Waals surface area contributed by atoms with Crippen molar-refractivity contribution in [1.29, 1.82) is 0 Å². The summed E-state index contributed by atoms with van der Waals surface area (Å²) in [6.07, 6.45) is 2.76. The molecule has 1 atom stereocenters. The zero-order valence-corrected chi connectivity index (χ0v) is 10.8. The molecule has 0 spiro atoms. The number of benzene rings is 2. The van der Waals surface area contributed by atoms with Gasteiger partial charge in [-0.25, -0.2) is 9.82 Å². The fourth-order valence-electron chi connectivity index (χ4n) is 2.47. The highest BCUT2D eigenvalue weighted by molar-refractivity contribution is 5.86. The number of nitrogens with zero attached hydrogens (tertiary/aromatic N) is 1. The van der Waals surface area contributed by atoms with Crippen LogP contribution < -0.4 is 11.3 Å². The van der Waals surface area contributed by atoms with Crippen molar-refractivity contribution in [3.63, 3.8) is 0 Å². The zero-order valence-electron chi connectivity index (χ0n) is 10.8. The predicted molar refractivity (Wildman–Crippen MR) is 77.3 cm³/mol. The van der Waals surface area contributed by atoms with Crippen LogP contribution >= 0.6 is 0 Å². The van der Waals surface area contributed by atoms with Gasteiger partial charge in [0.2, 0.25) is 0 Å². The molecule has 3 rings (SSSR count). The summed E-state index contributed by atoms with van der Waals surface area (Å²) in [7, 11) is 0. The number of hydrogen-bond acceptors (Lipinski definition) is 3. The van der Waals surface area contributed by atoms with Gasteiger partial charge >= 0.3 is 0 Å². The van der Waals surface area contributed by atoms with Crippen molar-refractivity contribution in [1.82, 2.24) is 10.4 Å². The van der Waals surface area contributed by atoms with E-state index in [4.69, 9.17) is 5.84 Å². The van der Waals surface area contributed by atoms with Crippen LogP contribution in [0.3, 0.4) is 0 Å². The van der Waals surface area contributed by atoms with E-state index in [9.17, 15) is 4.39 Å². The van der Waals surface area contributed by atoms with E-state index in [1.807, 2.05) is 42.5 Å². The largest absolute Gasteiger partial charge is 0.271 e. The highest BCUT2D eigenvalue weighted by Gasteiger charge is 2.18. The maximum atomic E-state index is 14.0. The van der Waals surface area contributed by atoms with E-state index < -0.39 is 6.04 Å². The lowest BCUT2D eigenvalue weighted by molar-refractivity contribution is 0.557.